The van der Waals surface area contributed by atoms with Crippen LogP contribution in [0.4, 0.5) is 0 Å². The first-order chi connectivity index (χ1) is 15.6. The number of hydrogen-bond donors (Lipinski definition) is 0. The summed E-state index contributed by atoms with van der Waals surface area (Å²) >= 11 is 3.34. The number of methoxy groups -OCH3 is 2. The van der Waals surface area contributed by atoms with Crippen molar-refractivity contribution in [2.24, 2.45) is 5.92 Å². The zero-order valence-electron chi connectivity index (χ0n) is 18.6. The lowest BCUT2D eigenvalue weighted by molar-refractivity contribution is -0.129. The van der Waals surface area contributed by atoms with E-state index < -0.39 is 0 Å². The molecule has 168 valence electrons. The molecule has 8 heteroatoms. The van der Waals surface area contributed by atoms with Gasteiger partial charge in [0.05, 0.1) is 20.0 Å². The Morgan fingerprint density at radius 3 is 2.75 bits per heavy atom. The fraction of sp³-hybridized carbons (Fsp3) is 0.458. The molecule has 0 saturated heterocycles. The number of aryl methyl sites for hydroxylation is 1. The molecule has 6 nitrogen and oxygen atoms in total. The molecule has 1 atom stereocenters. The Morgan fingerprint density at radius 1 is 1.19 bits per heavy atom. The van der Waals surface area contributed by atoms with Crippen LogP contribution < -0.4 is 9.47 Å². The largest absolute Gasteiger partial charge is 0.493 e. The predicted molar refractivity (Wildman–Crippen MR) is 128 cm³/mol. The summed E-state index contributed by atoms with van der Waals surface area (Å²) in [6, 6.07) is 4.02. The number of ether oxygens (including phenoxy) is 2. The van der Waals surface area contributed by atoms with E-state index in [2.05, 4.69) is 16.9 Å². The van der Waals surface area contributed by atoms with E-state index >= 15 is 0 Å². The van der Waals surface area contributed by atoms with Gasteiger partial charge in [0.2, 0.25) is 5.91 Å². The van der Waals surface area contributed by atoms with E-state index in [0.717, 1.165) is 46.3 Å². The maximum atomic E-state index is 13.1. The van der Waals surface area contributed by atoms with Crippen molar-refractivity contribution in [3.8, 4) is 11.5 Å². The van der Waals surface area contributed by atoms with E-state index in [-0.39, 0.29) is 5.91 Å². The summed E-state index contributed by atoms with van der Waals surface area (Å²) in [4.78, 5) is 26.6. The normalized spacial score (nSPS) is 17.7. The molecule has 2 aromatic heterocycles. The molecule has 1 unspecified atom stereocenters. The SMILES string of the molecule is COc1cc2c(cc1OC)CN(C(=O)CSc1ncnc3sc4c(c13)CCC(C)C4)CC2. The average Bonchev–Trinajstić information content (AvgIpc) is 3.19. The van der Waals surface area contributed by atoms with Crippen molar-refractivity contribution in [1.29, 1.82) is 0 Å². The minimum Gasteiger partial charge on any atom is -0.493 e. The molecule has 1 aromatic carbocycles. The third kappa shape index (κ3) is 3.94. The highest BCUT2D eigenvalue weighted by Gasteiger charge is 2.25. The van der Waals surface area contributed by atoms with E-state index in [1.54, 1.807) is 43.6 Å². The van der Waals surface area contributed by atoms with Gasteiger partial charge in [-0.2, -0.15) is 0 Å². The number of hydrogen-bond acceptors (Lipinski definition) is 7. The standard InChI is InChI=1S/C24H27N3O3S2/c1-14-4-5-17-20(8-14)32-24-22(17)23(25-13-26-24)31-12-21(28)27-7-6-15-9-18(29-2)19(30-3)10-16(15)11-27/h9-10,13-14H,4-8,11-12H2,1-3H3. The molecule has 0 bridgehead atoms. The van der Waals surface area contributed by atoms with Crippen LogP contribution in [-0.4, -0.2) is 47.3 Å². The molecule has 3 aromatic rings. The second kappa shape index (κ2) is 8.90. The molecule has 2 aliphatic rings. The summed E-state index contributed by atoms with van der Waals surface area (Å²) in [5.41, 5.74) is 3.75. The minimum absolute atomic E-state index is 0.139. The molecule has 0 saturated carbocycles. The summed E-state index contributed by atoms with van der Waals surface area (Å²) in [7, 11) is 3.29. The van der Waals surface area contributed by atoms with E-state index in [0.29, 0.717) is 24.6 Å². The highest BCUT2D eigenvalue weighted by Crippen LogP contribution is 2.40. The van der Waals surface area contributed by atoms with Gasteiger partial charge in [-0.05, 0) is 60.4 Å². The Morgan fingerprint density at radius 2 is 1.97 bits per heavy atom. The Balaban J connectivity index is 1.31. The molecule has 1 aliphatic carbocycles. The molecule has 0 N–H and O–H groups in total. The highest BCUT2D eigenvalue weighted by atomic mass is 32.2. The summed E-state index contributed by atoms with van der Waals surface area (Å²) in [6.45, 7) is 3.63. The van der Waals surface area contributed by atoms with Crippen molar-refractivity contribution < 1.29 is 14.3 Å². The molecular weight excluding hydrogens is 442 g/mol. The van der Waals surface area contributed by atoms with Crippen LogP contribution in [0.1, 0.15) is 34.9 Å². The van der Waals surface area contributed by atoms with Crippen LogP contribution in [0.5, 0.6) is 11.5 Å². The zero-order valence-corrected chi connectivity index (χ0v) is 20.3. The number of benzene rings is 1. The molecule has 1 amide bonds. The van der Waals surface area contributed by atoms with Crippen molar-refractivity contribution in [3.05, 3.63) is 40.0 Å². The van der Waals surface area contributed by atoms with Crippen LogP contribution in [0.15, 0.2) is 23.5 Å². The second-order valence-electron chi connectivity index (χ2n) is 8.54. The zero-order chi connectivity index (χ0) is 22.2. The lowest BCUT2D eigenvalue weighted by Gasteiger charge is -2.29. The molecule has 3 heterocycles. The summed E-state index contributed by atoms with van der Waals surface area (Å²) < 4.78 is 10.9. The monoisotopic (exact) mass is 469 g/mol. The Hall–Kier alpha value is -2.32. The molecule has 5 rings (SSSR count). The van der Waals surface area contributed by atoms with Gasteiger partial charge in [-0.25, -0.2) is 9.97 Å². The minimum atomic E-state index is 0.139. The van der Waals surface area contributed by atoms with Crippen LogP contribution in [0, 0.1) is 5.92 Å². The van der Waals surface area contributed by atoms with E-state index in [4.69, 9.17) is 9.47 Å². The number of amides is 1. The maximum absolute atomic E-state index is 13.1. The number of rotatable bonds is 5. The first-order valence-electron chi connectivity index (χ1n) is 11.0. The van der Waals surface area contributed by atoms with Gasteiger partial charge >= 0.3 is 0 Å². The summed E-state index contributed by atoms with van der Waals surface area (Å²) in [5, 5.41) is 2.12. The molecule has 32 heavy (non-hydrogen) atoms. The number of fused-ring (bicyclic) bond motifs is 4. The number of carbonyl (C=O) groups excluding carboxylic acids is 1. The number of aromatic nitrogens is 2. The quantitative estimate of drug-likeness (QED) is 0.405. The molecular formula is C24H27N3O3S2. The van der Waals surface area contributed by atoms with E-state index in [9.17, 15) is 4.79 Å². The first kappa shape index (κ1) is 21.5. The fourth-order valence-electron chi connectivity index (χ4n) is 4.67. The van der Waals surface area contributed by atoms with Crippen molar-refractivity contribution in [3.63, 3.8) is 0 Å². The third-order valence-corrected chi connectivity index (χ3v) is 8.60. The van der Waals surface area contributed by atoms with E-state index in [1.165, 1.54) is 27.8 Å². The third-order valence-electron chi connectivity index (χ3n) is 6.46. The van der Waals surface area contributed by atoms with Gasteiger partial charge in [0.1, 0.15) is 16.2 Å². The Labute approximate surface area is 196 Å². The van der Waals surface area contributed by atoms with Gasteiger partial charge in [-0.15, -0.1) is 11.3 Å². The lowest BCUT2D eigenvalue weighted by atomic mass is 9.89. The molecule has 0 fully saturated rings. The van der Waals surface area contributed by atoms with Crippen LogP contribution in [0.2, 0.25) is 0 Å². The van der Waals surface area contributed by atoms with Crippen LogP contribution >= 0.6 is 23.1 Å². The van der Waals surface area contributed by atoms with Crippen molar-refractivity contribution >= 4 is 39.2 Å². The van der Waals surface area contributed by atoms with Crippen LogP contribution in [-0.2, 0) is 30.6 Å². The fourth-order valence-corrected chi connectivity index (χ4v) is 7.02. The van der Waals surface area contributed by atoms with Crippen LogP contribution in [0.3, 0.4) is 0 Å². The molecule has 1 aliphatic heterocycles. The Bertz CT molecular complexity index is 1180. The first-order valence-corrected chi connectivity index (χ1v) is 12.8. The number of thioether (sulfide) groups is 1. The Kier molecular flexibility index (Phi) is 5.99. The van der Waals surface area contributed by atoms with E-state index in [1.807, 2.05) is 17.0 Å². The van der Waals surface area contributed by atoms with Gasteiger partial charge in [0.25, 0.3) is 0 Å². The van der Waals surface area contributed by atoms with Crippen molar-refractivity contribution in [1.82, 2.24) is 14.9 Å². The van der Waals surface area contributed by atoms with Crippen molar-refractivity contribution in [2.75, 3.05) is 26.5 Å². The average molecular weight is 470 g/mol. The number of thiophene rings is 1. The molecule has 0 radical (unpaired) electrons. The predicted octanol–water partition coefficient (Wildman–Crippen LogP) is 4.51. The van der Waals surface area contributed by atoms with Gasteiger partial charge in [-0.3, -0.25) is 4.79 Å². The topological polar surface area (TPSA) is 64.6 Å². The second-order valence-corrected chi connectivity index (χ2v) is 10.6. The highest BCUT2D eigenvalue weighted by molar-refractivity contribution is 8.00. The van der Waals surface area contributed by atoms with Gasteiger partial charge in [-0.1, -0.05) is 18.7 Å². The maximum Gasteiger partial charge on any atom is 0.233 e. The smallest absolute Gasteiger partial charge is 0.233 e. The van der Waals surface area contributed by atoms with Crippen molar-refractivity contribution in [2.45, 2.75) is 44.2 Å². The van der Waals surface area contributed by atoms with Crippen LogP contribution in [0.25, 0.3) is 10.2 Å². The summed E-state index contributed by atoms with van der Waals surface area (Å²) in [6.07, 6.45) is 5.87. The number of nitrogens with zero attached hydrogens (tertiary/aromatic N) is 3. The molecule has 0 spiro atoms. The van der Waals surface area contributed by atoms with Gasteiger partial charge in [0, 0.05) is 23.4 Å². The summed E-state index contributed by atoms with van der Waals surface area (Å²) in [5.74, 6) is 2.69. The lowest BCUT2D eigenvalue weighted by Crippen LogP contribution is -2.37. The van der Waals surface area contributed by atoms with Gasteiger partial charge < -0.3 is 14.4 Å². The number of carbonyl (C=O) groups is 1. The van der Waals surface area contributed by atoms with Gasteiger partial charge in [0.15, 0.2) is 11.5 Å².